The van der Waals surface area contributed by atoms with E-state index in [9.17, 15) is 8.42 Å². The molecule has 1 aromatic carbocycles. The number of oxazole rings is 1. The minimum absolute atomic E-state index is 0.0857. The fourth-order valence-electron chi connectivity index (χ4n) is 4.50. The lowest BCUT2D eigenvalue weighted by Gasteiger charge is -2.35. The Morgan fingerprint density at radius 3 is 2.39 bits per heavy atom. The molecule has 2 aliphatic carbocycles. The molecule has 2 aliphatic rings. The number of hydrogen-bond donors (Lipinski definition) is 0. The van der Waals surface area contributed by atoms with Crippen LogP contribution in [0.25, 0.3) is 0 Å². The van der Waals surface area contributed by atoms with Gasteiger partial charge in [-0.25, -0.2) is 13.4 Å². The topological polar surface area (TPSA) is 63.4 Å². The van der Waals surface area contributed by atoms with E-state index in [1.54, 1.807) is 28.6 Å². The van der Waals surface area contributed by atoms with Crippen molar-refractivity contribution in [3.63, 3.8) is 0 Å². The van der Waals surface area contributed by atoms with Gasteiger partial charge in [-0.05, 0) is 52.2 Å². The molecular formula is C22H30N2O3S. The van der Waals surface area contributed by atoms with Crippen LogP contribution < -0.4 is 0 Å². The van der Waals surface area contributed by atoms with Crippen LogP contribution in [0.2, 0.25) is 0 Å². The molecule has 0 unspecified atom stereocenters. The predicted molar refractivity (Wildman–Crippen MR) is 109 cm³/mol. The van der Waals surface area contributed by atoms with Crippen molar-refractivity contribution in [1.29, 1.82) is 0 Å². The predicted octanol–water partition coefficient (Wildman–Crippen LogP) is 5.07. The van der Waals surface area contributed by atoms with Crippen molar-refractivity contribution < 1.29 is 12.8 Å². The fraction of sp³-hybridized carbons (Fsp3) is 0.591. The minimum Gasteiger partial charge on any atom is -0.445 e. The maximum absolute atomic E-state index is 13.4. The van der Waals surface area contributed by atoms with Gasteiger partial charge in [-0.3, -0.25) is 0 Å². The van der Waals surface area contributed by atoms with Crippen LogP contribution in [-0.4, -0.2) is 29.3 Å². The largest absolute Gasteiger partial charge is 0.445 e. The van der Waals surface area contributed by atoms with Gasteiger partial charge in [-0.2, -0.15) is 4.31 Å². The Hall–Kier alpha value is -1.66. The third-order valence-electron chi connectivity index (χ3n) is 5.88. The molecule has 0 radical (unpaired) electrons. The van der Waals surface area contributed by atoms with Gasteiger partial charge >= 0.3 is 0 Å². The Labute approximate surface area is 168 Å². The summed E-state index contributed by atoms with van der Waals surface area (Å²) in [5.74, 6) is 2.19. The first-order valence-corrected chi connectivity index (χ1v) is 11.8. The molecule has 0 saturated heterocycles. The second-order valence-corrected chi connectivity index (χ2v) is 10.9. The molecular weight excluding hydrogens is 372 g/mol. The molecule has 2 atom stereocenters. The number of nitrogens with zero attached hydrogens (tertiary/aromatic N) is 2. The molecule has 28 heavy (non-hydrogen) atoms. The zero-order valence-corrected chi connectivity index (χ0v) is 17.8. The first-order valence-electron chi connectivity index (χ1n) is 10.3. The molecule has 0 N–H and O–H groups in total. The van der Waals surface area contributed by atoms with E-state index in [4.69, 9.17) is 4.42 Å². The highest BCUT2D eigenvalue weighted by Gasteiger charge is 2.53. The van der Waals surface area contributed by atoms with Crippen LogP contribution in [0.5, 0.6) is 0 Å². The molecule has 0 spiro atoms. The molecule has 2 aromatic rings. The first-order chi connectivity index (χ1) is 13.3. The maximum atomic E-state index is 13.4. The molecule has 0 amide bonds. The quantitative estimate of drug-likeness (QED) is 0.701. The Bertz CT molecular complexity index is 909. The van der Waals surface area contributed by atoms with E-state index in [1.165, 1.54) is 19.3 Å². The highest BCUT2D eigenvalue weighted by molar-refractivity contribution is 7.89. The standard InChI is InChI=1S/C22H30N2O3S/c1-22(2,3)24(28(25,26)17-12-8-5-9-13-17)19-14-18(19)20-15-23-21(27-20)16-10-6-4-7-11-16/h5,8-9,12-13,15-16,18-19H,4,6-7,10-11,14H2,1-3H3/t18-,19-/m1/s1. The van der Waals surface area contributed by atoms with E-state index < -0.39 is 15.6 Å². The van der Waals surface area contributed by atoms with E-state index in [1.807, 2.05) is 33.0 Å². The van der Waals surface area contributed by atoms with Crippen molar-refractivity contribution in [2.45, 2.75) is 87.6 Å². The van der Waals surface area contributed by atoms with Gasteiger partial charge in [-0.1, -0.05) is 37.5 Å². The lowest BCUT2D eigenvalue weighted by Crippen LogP contribution is -2.47. The third-order valence-corrected chi connectivity index (χ3v) is 8.08. The van der Waals surface area contributed by atoms with Crippen molar-refractivity contribution in [2.75, 3.05) is 0 Å². The summed E-state index contributed by atoms with van der Waals surface area (Å²) in [5.41, 5.74) is -0.514. The SMILES string of the molecule is CC(C)(C)N([C@@H]1C[C@H]1c1cnc(C2CCCCC2)o1)S(=O)(=O)c1ccccc1. The molecule has 2 saturated carbocycles. The van der Waals surface area contributed by atoms with Crippen LogP contribution in [0.3, 0.4) is 0 Å². The van der Waals surface area contributed by atoms with E-state index in [-0.39, 0.29) is 12.0 Å². The van der Waals surface area contributed by atoms with E-state index >= 15 is 0 Å². The van der Waals surface area contributed by atoms with E-state index in [0.29, 0.717) is 10.8 Å². The van der Waals surface area contributed by atoms with Gasteiger partial charge in [0.2, 0.25) is 10.0 Å². The molecule has 152 valence electrons. The van der Waals surface area contributed by atoms with Crippen molar-refractivity contribution in [3.8, 4) is 0 Å². The van der Waals surface area contributed by atoms with E-state index in [2.05, 4.69) is 4.98 Å². The van der Waals surface area contributed by atoms with Crippen LogP contribution in [0.15, 0.2) is 45.8 Å². The van der Waals surface area contributed by atoms with Gasteiger partial charge in [0.15, 0.2) is 5.89 Å². The number of rotatable bonds is 5. The normalized spacial score (nSPS) is 23.9. The minimum atomic E-state index is -3.58. The van der Waals surface area contributed by atoms with Gasteiger partial charge in [0.25, 0.3) is 0 Å². The highest BCUT2D eigenvalue weighted by Crippen LogP contribution is 2.50. The number of aromatic nitrogens is 1. The second-order valence-electron chi connectivity index (χ2n) is 9.13. The summed E-state index contributed by atoms with van der Waals surface area (Å²) in [6.45, 7) is 5.87. The van der Waals surface area contributed by atoms with Crippen molar-refractivity contribution in [1.82, 2.24) is 9.29 Å². The van der Waals surface area contributed by atoms with Crippen molar-refractivity contribution in [3.05, 3.63) is 48.2 Å². The van der Waals surface area contributed by atoms with Gasteiger partial charge in [0.05, 0.1) is 11.1 Å². The summed E-state index contributed by atoms with van der Waals surface area (Å²) in [6.07, 6.45) is 8.66. The molecule has 2 fully saturated rings. The number of benzene rings is 1. The average molecular weight is 403 g/mol. The van der Waals surface area contributed by atoms with Crippen LogP contribution in [0.1, 0.15) is 82.8 Å². The summed E-state index contributed by atoms with van der Waals surface area (Å²) in [7, 11) is -3.58. The average Bonchev–Trinajstić information content (AvgIpc) is 3.26. The Balaban J connectivity index is 1.57. The lowest BCUT2D eigenvalue weighted by molar-refractivity contribution is 0.235. The Kier molecular flexibility index (Phi) is 5.12. The molecule has 1 heterocycles. The van der Waals surface area contributed by atoms with Crippen LogP contribution >= 0.6 is 0 Å². The van der Waals surface area contributed by atoms with Gasteiger partial charge < -0.3 is 4.42 Å². The van der Waals surface area contributed by atoms with Crippen molar-refractivity contribution >= 4 is 10.0 Å². The van der Waals surface area contributed by atoms with Gasteiger partial charge in [0.1, 0.15) is 5.76 Å². The van der Waals surface area contributed by atoms with Crippen LogP contribution in [-0.2, 0) is 10.0 Å². The third kappa shape index (κ3) is 3.77. The van der Waals surface area contributed by atoms with E-state index in [0.717, 1.165) is 30.9 Å². The van der Waals surface area contributed by atoms with Crippen molar-refractivity contribution in [2.24, 2.45) is 0 Å². The fourth-order valence-corrected chi connectivity index (χ4v) is 6.54. The summed E-state index contributed by atoms with van der Waals surface area (Å²) >= 11 is 0. The van der Waals surface area contributed by atoms with Crippen LogP contribution in [0, 0.1) is 0 Å². The lowest BCUT2D eigenvalue weighted by atomic mass is 9.89. The van der Waals surface area contributed by atoms with Gasteiger partial charge in [-0.15, -0.1) is 0 Å². The zero-order valence-electron chi connectivity index (χ0n) is 17.0. The zero-order chi connectivity index (χ0) is 19.9. The van der Waals surface area contributed by atoms with Crippen LogP contribution in [0.4, 0.5) is 0 Å². The number of sulfonamides is 1. The summed E-state index contributed by atoms with van der Waals surface area (Å²) < 4.78 is 34.5. The summed E-state index contributed by atoms with van der Waals surface area (Å²) in [6, 6.07) is 8.62. The summed E-state index contributed by atoms with van der Waals surface area (Å²) in [5, 5.41) is 0. The molecule has 1 aromatic heterocycles. The summed E-state index contributed by atoms with van der Waals surface area (Å²) in [4.78, 5) is 4.89. The highest BCUT2D eigenvalue weighted by atomic mass is 32.2. The maximum Gasteiger partial charge on any atom is 0.243 e. The smallest absolute Gasteiger partial charge is 0.243 e. The Morgan fingerprint density at radius 2 is 1.75 bits per heavy atom. The molecule has 0 bridgehead atoms. The molecule has 6 heteroatoms. The van der Waals surface area contributed by atoms with Gasteiger partial charge in [0, 0.05) is 23.4 Å². The molecule has 5 nitrogen and oxygen atoms in total. The number of hydrogen-bond acceptors (Lipinski definition) is 4. The monoisotopic (exact) mass is 402 g/mol. The molecule has 0 aliphatic heterocycles. The first kappa shape index (κ1) is 19.6. The second kappa shape index (κ2) is 7.30. The molecule has 4 rings (SSSR count). The Morgan fingerprint density at radius 1 is 1.07 bits per heavy atom.